The van der Waals surface area contributed by atoms with E-state index >= 15 is 0 Å². The molecule has 7 heteroatoms. The fourth-order valence-electron chi connectivity index (χ4n) is 3.65. The first-order chi connectivity index (χ1) is 13.5. The summed E-state index contributed by atoms with van der Waals surface area (Å²) < 4.78 is 5.35. The number of hydrogen-bond donors (Lipinski definition) is 2. The quantitative estimate of drug-likeness (QED) is 0.811. The molecule has 1 saturated heterocycles. The van der Waals surface area contributed by atoms with E-state index in [0.717, 1.165) is 11.1 Å². The molecular formula is C21H25N3O4. The van der Waals surface area contributed by atoms with E-state index in [1.165, 1.54) is 0 Å². The van der Waals surface area contributed by atoms with E-state index in [9.17, 15) is 15.0 Å². The Kier molecular flexibility index (Phi) is 5.05. The number of ether oxygens (including phenoxy) is 1. The number of nitrogens with zero attached hydrogens (tertiary/aromatic N) is 3. The molecular weight excluding hydrogens is 358 g/mol. The van der Waals surface area contributed by atoms with Crippen LogP contribution in [0.15, 0.2) is 42.7 Å². The van der Waals surface area contributed by atoms with Crippen LogP contribution in [0, 0.1) is 0 Å². The van der Waals surface area contributed by atoms with Crippen molar-refractivity contribution in [1.82, 2.24) is 14.8 Å². The molecule has 1 aliphatic carbocycles. The van der Waals surface area contributed by atoms with Crippen molar-refractivity contribution < 1.29 is 19.7 Å². The van der Waals surface area contributed by atoms with Crippen molar-refractivity contribution in [3.8, 4) is 16.9 Å². The van der Waals surface area contributed by atoms with E-state index in [4.69, 9.17) is 4.74 Å². The van der Waals surface area contributed by atoms with Gasteiger partial charge in [-0.15, -0.1) is 0 Å². The molecule has 7 nitrogen and oxygen atoms in total. The molecule has 2 N–H and O–H groups in total. The summed E-state index contributed by atoms with van der Waals surface area (Å²) in [5.74, 6) is 0.668. The van der Waals surface area contributed by atoms with E-state index in [0.29, 0.717) is 50.3 Å². The average molecular weight is 383 g/mol. The summed E-state index contributed by atoms with van der Waals surface area (Å²) in [5, 5.41) is 20.3. The molecule has 1 aromatic carbocycles. The molecule has 4 rings (SSSR count). The van der Waals surface area contributed by atoms with Gasteiger partial charge in [0.1, 0.15) is 17.6 Å². The fourth-order valence-corrected chi connectivity index (χ4v) is 3.65. The van der Waals surface area contributed by atoms with E-state index in [-0.39, 0.29) is 5.91 Å². The molecule has 1 amide bonds. The summed E-state index contributed by atoms with van der Waals surface area (Å²) in [6.45, 7) is 2.18. The van der Waals surface area contributed by atoms with Gasteiger partial charge in [-0.25, -0.2) is 0 Å². The first-order valence-electron chi connectivity index (χ1n) is 9.54. The van der Waals surface area contributed by atoms with Gasteiger partial charge in [-0.2, -0.15) is 0 Å². The zero-order valence-electron chi connectivity index (χ0n) is 15.9. The number of aromatic nitrogens is 1. The Morgan fingerprint density at radius 3 is 2.43 bits per heavy atom. The van der Waals surface area contributed by atoms with Crippen LogP contribution in [-0.4, -0.2) is 76.0 Å². The molecule has 1 aliphatic heterocycles. The standard InChI is InChI=1S/C21H25N3O4/c1-28-18-14-22-9-6-17(18)15-2-4-16(5-3-15)19(25)23-10-12-24(13-11-23)20(26)21(27)7-8-21/h2-6,9,14,20,26-27H,7-8,10-13H2,1H3. The largest absolute Gasteiger partial charge is 0.494 e. The van der Waals surface area contributed by atoms with E-state index < -0.39 is 11.8 Å². The van der Waals surface area contributed by atoms with Gasteiger partial charge in [0.15, 0.2) is 0 Å². The first kappa shape index (κ1) is 18.9. The topological polar surface area (TPSA) is 86.1 Å². The monoisotopic (exact) mass is 383 g/mol. The molecule has 1 saturated carbocycles. The molecule has 0 spiro atoms. The molecule has 2 aliphatic rings. The number of carbonyl (C=O) groups excluding carboxylic acids is 1. The number of aliphatic hydroxyl groups excluding tert-OH is 1. The Hall–Kier alpha value is -2.48. The number of carbonyl (C=O) groups is 1. The Balaban J connectivity index is 1.40. The highest BCUT2D eigenvalue weighted by Crippen LogP contribution is 2.39. The second-order valence-electron chi connectivity index (χ2n) is 7.46. The number of aliphatic hydroxyl groups is 2. The van der Waals surface area contributed by atoms with Gasteiger partial charge in [-0.1, -0.05) is 12.1 Å². The lowest BCUT2D eigenvalue weighted by molar-refractivity contribution is -0.108. The maximum absolute atomic E-state index is 12.8. The third-order valence-corrected chi connectivity index (χ3v) is 5.64. The van der Waals surface area contributed by atoms with Crippen molar-refractivity contribution in [3.63, 3.8) is 0 Å². The maximum atomic E-state index is 12.8. The summed E-state index contributed by atoms with van der Waals surface area (Å²) in [6.07, 6.45) is 3.83. The predicted octanol–water partition coefficient (Wildman–Crippen LogP) is 1.36. The normalized spacial score (nSPS) is 19.9. The van der Waals surface area contributed by atoms with Crippen LogP contribution in [0.25, 0.3) is 11.1 Å². The second-order valence-corrected chi connectivity index (χ2v) is 7.46. The molecule has 2 fully saturated rings. The minimum atomic E-state index is -0.948. The molecule has 1 aromatic heterocycles. The zero-order valence-corrected chi connectivity index (χ0v) is 15.9. The second kappa shape index (κ2) is 7.50. The molecule has 0 bridgehead atoms. The van der Waals surface area contributed by atoms with Gasteiger partial charge < -0.3 is 19.8 Å². The van der Waals surface area contributed by atoms with Crippen LogP contribution in [0.3, 0.4) is 0 Å². The fraction of sp³-hybridized carbons (Fsp3) is 0.429. The molecule has 1 atom stereocenters. The van der Waals surface area contributed by atoms with Crippen LogP contribution >= 0.6 is 0 Å². The van der Waals surface area contributed by atoms with Crippen LogP contribution in [-0.2, 0) is 0 Å². The highest BCUT2D eigenvalue weighted by Gasteiger charge is 2.50. The number of amides is 1. The Labute approximate surface area is 164 Å². The summed E-state index contributed by atoms with van der Waals surface area (Å²) >= 11 is 0. The number of hydrogen-bond acceptors (Lipinski definition) is 6. The van der Waals surface area contributed by atoms with E-state index in [2.05, 4.69) is 4.98 Å². The van der Waals surface area contributed by atoms with E-state index in [1.807, 2.05) is 35.2 Å². The molecule has 0 radical (unpaired) electrons. The summed E-state index contributed by atoms with van der Waals surface area (Å²) in [6, 6.07) is 9.35. The lowest BCUT2D eigenvalue weighted by atomic mass is 10.0. The van der Waals surface area contributed by atoms with Gasteiger partial charge in [0.05, 0.1) is 13.3 Å². The van der Waals surface area contributed by atoms with Crippen molar-refractivity contribution in [2.45, 2.75) is 24.7 Å². The lowest BCUT2D eigenvalue weighted by Gasteiger charge is -2.38. The first-order valence-corrected chi connectivity index (χ1v) is 9.54. The van der Waals surface area contributed by atoms with Gasteiger partial charge in [-0.3, -0.25) is 14.7 Å². The van der Waals surface area contributed by atoms with E-state index in [1.54, 1.807) is 24.4 Å². The number of piperazine rings is 1. The molecule has 2 heterocycles. The number of benzene rings is 1. The van der Waals surface area contributed by atoms with Gasteiger partial charge in [-0.05, 0) is 36.6 Å². The van der Waals surface area contributed by atoms with Gasteiger partial charge in [0, 0.05) is 43.5 Å². The number of rotatable bonds is 5. The third kappa shape index (κ3) is 3.61. The molecule has 1 unspecified atom stereocenters. The summed E-state index contributed by atoms with van der Waals surface area (Å²) in [5.41, 5.74) is 1.57. The maximum Gasteiger partial charge on any atom is 0.253 e. The smallest absolute Gasteiger partial charge is 0.253 e. The van der Waals surface area contributed by atoms with Crippen molar-refractivity contribution >= 4 is 5.91 Å². The van der Waals surface area contributed by atoms with Crippen LogP contribution in [0.1, 0.15) is 23.2 Å². The third-order valence-electron chi connectivity index (χ3n) is 5.64. The van der Waals surface area contributed by atoms with Gasteiger partial charge in [0.2, 0.25) is 0 Å². The van der Waals surface area contributed by atoms with Crippen LogP contribution < -0.4 is 4.74 Å². The van der Waals surface area contributed by atoms with Crippen LogP contribution in [0.4, 0.5) is 0 Å². The van der Waals surface area contributed by atoms with Crippen molar-refractivity contribution in [2.24, 2.45) is 0 Å². The van der Waals surface area contributed by atoms with Crippen LogP contribution in [0.2, 0.25) is 0 Å². The SMILES string of the molecule is COc1cnccc1-c1ccc(C(=O)N2CCN(C(O)C3(O)CC3)CC2)cc1. The summed E-state index contributed by atoms with van der Waals surface area (Å²) in [7, 11) is 1.61. The van der Waals surface area contributed by atoms with Crippen molar-refractivity contribution in [2.75, 3.05) is 33.3 Å². The predicted molar refractivity (Wildman–Crippen MR) is 104 cm³/mol. The van der Waals surface area contributed by atoms with Gasteiger partial charge >= 0.3 is 0 Å². The van der Waals surface area contributed by atoms with Crippen LogP contribution in [0.5, 0.6) is 5.75 Å². The molecule has 28 heavy (non-hydrogen) atoms. The Morgan fingerprint density at radius 1 is 1.14 bits per heavy atom. The average Bonchev–Trinajstić information content (AvgIpc) is 3.51. The molecule has 2 aromatic rings. The Morgan fingerprint density at radius 2 is 1.82 bits per heavy atom. The molecule has 148 valence electrons. The minimum absolute atomic E-state index is 0.0208. The van der Waals surface area contributed by atoms with Crippen molar-refractivity contribution in [3.05, 3.63) is 48.3 Å². The minimum Gasteiger partial charge on any atom is -0.494 e. The highest BCUT2D eigenvalue weighted by atomic mass is 16.5. The van der Waals surface area contributed by atoms with Gasteiger partial charge in [0.25, 0.3) is 5.91 Å². The highest BCUT2D eigenvalue weighted by molar-refractivity contribution is 5.95. The lowest BCUT2D eigenvalue weighted by Crippen LogP contribution is -2.55. The number of methoxy groups -OCH3 is 1. The zero-order chi connectivity index (χ0) is 19.7. The number of pyridine rings is 1. The van der Waals surface area contributed by atoms with Crippen molar-refractivity contribution in [1.29, 1.82) is 0 Å². The summed E-state index contributed by atoms with van der Waals surface area (Å²) in [4.78, 5) is 20.5. The Bertz CT molecular complexity index is 843.